The number of furan rings is 1. The number of nitro benzene ring substituents is 1. The van der Waals surface area contributed by atoms with Crippen molar-refractivity contribution in [3.8, 4) is 11.3 Å². The lowest BCUT2D eigenvalue weighted by atomic mass is 10.2. The number of nitro groups is 1. The van der Waals surface area contributed by atoms with Crippen LogP contribution in [0.2, 0.25) is 15.1 Å². The minimum Gasteiger partial charge on any atom is -0.457 e. The van der Waals surface area contributed by atoms with Gasteiger partial charge in [0.05, 0.1) is 9.95 Å². The van der Waals surface area contributed by atoms with Crippen LogP contribution in [0.15, 0.2) is 59.0 Å². The maximum atomic E-state index is 12.4. The molecule has 36 heavy (non-hydrogen) atoms. The molecule has 1 saturated heterocycles. The number of nitrogens with zero attached hydrogens (tertiary/aromatic N) is 3. The van der Waals surface area contributed by atoms with Gasteiger partial charge in [-0.3, -0.25) is 20.2 Å². The normalized spacial score (nSPS) is 13.8. The van der Waals surface area contributed by atoms with E-state index in [0.29, 0.717) is 58.5 Å². The zero-order valence-electron chi connectivity index (χ0n) is 18.6. The van der Waals surface area contributed by atoms with E-state index in [1.54, 1.807) is 42.5 Å². The average molecular weight is 566 g/mol. The first-order chi connectivity index (χ1) is 17.2. The molecule has 2 heterocycles. The second-order valence-corrected chi connectivity index (χ2v) is 9.49. The summed E-state index contributed by atoms with van der Waals surface area (Å²) in [5.41, 5.74) is 1.06. The lowest BCUT2D eigenvalue weighted by Crippen LogP contribution is -2.52. The molecule has 0 atom stereocenters. The highest BCUT2D eigenvalue weighted by Crippen LogP contribution is 2.36. The van der Waals surface area contributed by atoms with Crippen molar-refractivity contribution in [3.05, 3.63) is 85.5 Å². The van der Waals surface area contributed by atoms with Crippen LogP contribution in [0.4, 0.5) is 11.4 Å². The van der Waals surface area contributed by atoms with Gasteiger partial charge in [-0.15, -0.1) is 0 Å². The van der Waals surface area contributed by atoms with Crippen LogP contribution in [0, 0.1) is 10.1 Å². The lowest BCUT2D eigenvalue weighted by Gasteiger charge is -2.37. The first-order valence-corrected chi connectivity index (χ1v) is 12.3. The van der Waals surface area contributed by atoms with Gasteiger partial charge in [-0.2, -0.15) is 0 Å². The van der Waals surface area contributed by atoms with Gasteiger partial charge < -0.3 is 14.2 Å². The molecule has 8 nitrogen and oxygen atoms in total. The third-order valence-corrected chi connectivity index (χ3v) is 6.55. The van der Waals surface area contributed by atoms with E-state index in [-0.39, 0.29) is 10.8 Å². The molecule has 0 spiro atoms. The summed E-state index contributed by atoms with van der Waals surface area (Å²) in [4.78, 5) is 27.0. The fourth-order valence-corrected chi connectivity index (χ4v) is 4.87. The largest absolute Gasteiger partial charge is 0.457 e. The first kappa shape index (κ1) is 26.0. The molecule has 0 radical (unpaired) electrons. The van der Waals surface area contributed by atoms with Crippen LogP contribution in [0.1, 0.15) is 5.76 Å². The van der Waals surface area contributed by atoms with Gasteiger partial charge in [0.25, 0.3) is 5.69 Å². The molecule has 0 saturated carbocycles. The molecule has 1 amide bonds. The monoisotopic (exact) mass is 564 g/mol. The summed E-state index contributed by atoms with van der Waals surface area (Å²) in [7, 11) is 0. The minimum atomic E-state index is -0.448. The minimum absolute atomic E-state index is 0.0449. The van der Waals surface area contributed by atoms with Crippen LogP contribution in [-0.2, 0) is 4.79 Å². The Balaban J connectivity index is 1.32. The molecule has 0 aliphatic carbocycles. The third-order valence-electron chi connectivity index (χ3n) is 5.45. The van der Waals surface area contributed by atoms with Gasteiger partial charge >= 0.3 is 0 Å². The summed E-state index contributed by atoms with van der Waals surface area (Å²) < 4.78 is 5.75. The first-order valence-electron chi connectivity index (χ1n) is 10.7. The van der Waals surface area contributed by atoms with Crippen molar-refractivity contribution in [2.75, 3.05) is 31.1 Å². The molecule has 12 heteroatoms. The second-order valence-electron chi connectivity index (χ2n) is 7.83. The van der Waals surface area contributed by atoms with Gasteiger partial charge in [0.15, 0.2) is 5.11 Å². The molecule has 3 aromatic rings. The number of thiocarbonyl (C=S) groups is 1. The molecule has 1 N–H and O–H groups in total. The SMILES string of the molecule is O=C(/C=C/c1ccc(-c2cc(Cl)cc(Cl)c2)o1)NC(=S)N1CCN(c2c(Cl)cccc2[N+](=O)[O-])CC1. The quantitative estimate of drug-likeness (QED) is 0.174. The van der Waals surface area contributed by atoms with Crippen molar-refractivity contribution in [3.63, 3.8) is 0 Å². The maximum Gasteiger partial charge on any atom is 0.294 e. The maximum absolute atomic E-state index is 12.4. The highest BCUT2D eigenvalue weighted by atomic mass is 35.5. The Morgan fingerprint density at radius 1 is 1.06 bits per heavy atom. The van der Waals surface area contributed by atoms with E-state index in [2.05, 4.69) is 5.32 Å². The van der Waals surface area contributed by atoms with Gasteiger partial charge in [0.1, 0.15) is 17.2 Å². The van der Waals surface area contributed by atoms with Crippen molar-refractivity contribution in [1.29, 1.82) is 0 Å². The van der Waals surface area contributed by atoms with Crippen molar-refractivity contribution < 1.29 is 14.1 Å². The molecule has 1 aliphatic heterocycles. The summed E-state index contributed by atoms with van der Waals surface area (Å²) >= 11 is 23.7. The van der Waals surface area contributed by atoms with Gasteiger partial charge in [-0.1, -0.05) is 40.9 Å². The van der Waals surface area contributed by atoms with Crippen LogP contribution >= 0.6 is 47.0 Å². The molecule has 1 aliphatic rings. The standard InChI is InChI=1S/C24H19Cl3N4O4S/c25-16-12-15(13-17(26)14-16)21-6-4-18(35-21)5-7-22(32)28-24(36)30-10-8-29(9-11-30)23-19(27)2-1-3-20(23)31(33)34/h1-7,12-14H,8-11H2,(H,28,32,36)/b7-5+. The number of carbonyl (C=O) groups is 1. The fourth-order valence-electron chi connectivity index (χ4n) is 3.78. The molecule has 1 fully saturated rings. The van der Waals surface area contributed by atoms with Crippen LogP contribution in [0.5, 0.6) is 0 Å². The number of rotatable bonds is 5. The van der Waals surface area contributed by atoms with E-state index >= 15 is 0 Å². The average Bonchev–Trinajstić information content (AvgIpc) is 3.31. The van der Waals surface area contributed by atoms with Crippen LogP contribution < -0.4 is 10.2 Å². The Labute approximate surface area is 227 Å². The van der Waals surface area contributed by atoms with Crippen molar-refractivity contribution in [2.24, 2.45) is 0 Å². The van der Waals surface area contributed by atoms with E-state index in [4.69, 9.17) is 51.4 Å². The molecule has 0 unspecified atom stereocenters. The van der Waals surface area contributed by atoms with E-state index in [1.165, 1.54) is 18.2 Å². The number of anilines is 1. The zero-order valence-corrected chi connectivity index (χ0v) is 21.7. The fraction of sp³-hybridized carbons (Fsp3) is 0.167. The van der Waals surface area contributed by atoms with E-state index in [1.807, 2.05) is 9.80 Å². The summed E-state index contributed by atoms with van der Waals surface area (Å²) in [6.07, 6.45) is 2.85. The van der Waals surface area contributed by atoms with Crippen LogP contribution in [-0.4, -0.2) is 47.0 Å². The van der Waals surface area contributed by atoms with E-state index in [0.717, 1.165) is 5.56 Å². The van der Waals surface area contributed by atoms with Crippen LogP contribution in [0.3, 0.4) is 0 Å². The lowest BCUT2D eigenvalue weighted by molar-refractivity contribution is -0.384. The number of hydrogen-bond donors (Lipinski definition) is 1. The molecular weight excluding hydrogens is 547 g/mol. The summed E-state index contributed by atoms with van der Waals surface area (Å²) in [6.45, 7) is 1.85. The van der Waals surface area contributed by atoms with Crippen molar-refractivity contribution >= 4 is 75.5 Å². The predicted molar refractivity (Wildman–Crippen MR) is 146 cm³/mol. The number of piperazine rings is 1. The van der Waals surface area contributed by atoms with E-state index in [9.17, 15) is 14.9 Å². The molecule has 0 bridgehead atoms. The number of amides is 1. The Hall–Kier alpha value is -3.11. The number of para-hydroxylation sites is 1. The Kier molecular flexibility index (Phi) is 8.15. The Morgan fingerprint density at radius 2 is 1.75 bits per heavy atom. The summed E-state index contributed by atoms with van der Waals surface area (Å²) in [5, 5.41) is 15.6. The second kappa shape index (κ2) is 11.3. The molecule has 2 aromatic carbocycles. The molecule has 4 rings (SSSR count). The topological polar surface area (TPSA) is 91.9 Å². The third kappa shape index (κ3) is 6.17. The molecular formula is C24H19Cl3N4O4S. The van der Waals surface area contributed by atoms with Crippen LogP contribution in [0.25, 0.3) is 17.4 Å². The highest BCUT2D eigenvalue weighted by molar-refractivity contribution is 7.80. The number of nitrogens with one attached hydrogen (secondary N) is 1. The Morgan fingerprint density at radius 3 is 2.42 bits per heavy atom. The van der Waals surface area contributed by atoms with Gasteiger partial charge in [0, 0.05) is 53.9 Å². The smallest absolute Gasteiger partial charge is 0.294 e. The van der Waals surface area contributed by atoms with Crippen molar-refractivity contribution in [1.82, 2.24) is 10.2 Å². The Bertz CT molecular complexity index is 1330. The zero-order chi connectivity index (χ0) is 25.8. The highest BCUT2D eigenvalue weighted by Gasteiger charge is 2.27. The van der Waals surface area contributed by atoms with Gasteiger partial charge in [0.2, 0.25) is 5.91 Å². The number of benzene rings is 2. The van der Waals surface area contributed by atoms with E-state index < -0.39 is 10.8 Å². The van der Waals surface area contributed by atoms with Gasteiger partial charge in [-0.05, 0) is 54.7 Å². The van der Waals surface area contributed by atoms with Gasteiger partial charge in [-0.25, -0.2) is 0 Å². The number of hydrogen-bond acceptors (Lipinski definition) is 6. The molecule has 1 aromatic heterocycles. The summed E-state index contributed by atoms with van der Waals surface area (Å²) in [6, 6.07) is 13.2. The molecule has 186 valence electrons. The predicted octanol–water partition coefficient (Wildman–Crippen LogP) is 6.05. The number of halogens is 3. The number of carbonyl (C=O) groups excluding carboxylic acids is 1. The van der Waals surface area contributed by atoms with Crippen molar-refractivity contribution in [2.45, 2.75) is 0 Å². The summed E-state index contributed by atoms with van der Waals surface area (Å²) in [5.74, 6) is 0.622.